The molecule has 4 aromatic rings. The Morgan fingerprint density at radius 1 is 0.880 bits per heavy atom. The summed E-state index contributed by atoms with van der Waals surface area (Å²) in [6, 6.07) is 23.8. The van der Waals surface area contributed by atoms with Gasteiger partial charge in [0.05, 0.1) is 23.7 Å². The lowest BCUT2D eigenvalue weighted by molar-refractivity contribution is 0.416. The van der Waals surface area contributed by atoms with Gasteiger partial charge >= 0.3 is 0 Å². The van der Waals surface area contributed by atoms with E-state index in [0.29, 0.717) is 6.54 Å². The van der Waals surface area contributed by atoms with Crippen molar-refractivity contribution in [2.24, 2.45) is 0 Å². The van der Waals surface area contributed by atoms with Crippen LogP contribution < -0.4 is 10.3 Å². The molecule has 3 aromatic carbocycles. The zero-order valence-corrected chi connectivity index (χ0v) is 14.6. The fourth-order valence-corrected chi connectivity index (χ4v) is 4.11. The molecule has 0 fully saturated rings. The SMILES string of the molecule is COc1ccccc1-c1cccc2sn(Cc3ccccc3)c(=O)c12. The molecule has 0 N–H and O–H groups in total. The topological polar surface area (TPSA) is 31.2 Å². The lowest BCUT2D eigenvalue weighted by Crippen LogP contribution is -2.14. The zero-order chi connectivity index (χ0) is 17.2. The fourth-order valence-electron chi connectivity index (χ4n) is 3.06. The minimum atomic E-state index is 0.0466. The van der Waals surface area contributed by atoms with E-state index in [2.05, 4.69) is 0 Å². The van der Waals surface area contributed by atoms with Crippen molar-refractivity contribution in [2.75, 3.05) is 7.11 Å². The van der Waals surface area contributed by atoms with Crippen LogP contribution in [0.1, 0.15) is 5.56 Å². The lowest BCUT2D eigenvalue weighted by atomic mass is 10.0. The highest BCUT2D eigenvalue weighted by Gasteiger charge is 2.15. The Labute approximate surface area is 149 Å². The van der Waals surface area contributed by atoms with Crippen LogP contribution in [0.25, 0.3) is 21.2 Å². The third-order valence-corrected chi connectivity index (χ3v) is 5.29. The van der Waals surface area contributed by atoms with Gasteiger partial charge in [-0.15, -0.1) is 0 Å². The van der Waals surface area contributed by atoms with Crippen LogP contribution in [-0.2, 0) is 6.54 Å². The quantitative estimate of drug-likeness (QED) is 0.532. The van der Waals surface area contributed by atoms with E-state index < -0.39 is 0 Å². The molecule has 4 rings (SSSR count). The Hall–Kier alpha value is -2.85. The molecular weight excluding hydrogens is 330 g/mol. The molecule has 1 heterocycles. The normalized spacial score (nSPS) is 10.9. The summed E-state index contributed by atoms with van der Waals surface area (Å²) >= 11 is 1.50. The van der Waals surface area contributed by atoms with E-state index in [1.54, 1.807) is 7.11 Å². The molecule has 0 saturated heterocycles. The first kappa shape index (κ1) is 15.7. The molecule has 0 spiro atoms. The Morgan fingerprint density at radius 2 is 1.60 bits per heavy atom. The largest absolute Gasteiger partial charge is 0.496 e. The minimum absolute atomic E-state index is 0.0466. The average Bonchev–Trinajstić information content (AvgIpc) is 2.98. The maximum Gasteiger partial charge on any atom is 0.269 e. The Morgan fingerprint density at radius 3 is 2.40 bits per heavy atom. The number of fused-ring (bicyclic) bond motifs is 1. The van der Waals surface area contributed by atoms with Gasteiger partial charge in [-0.05, 0) is 23.3 Å². The van der Waals surface area contributed by atoms with Crippen molar-refractivity contribution in [3.63, 3.8) is 0 Å². The molecule has 124 valence electrons. The molecule has 4 heteroatoms. The third kappa shape index (κ3) is 2.85. The second-order valence-corrected chi connectivity index (χ2v) is 6.86. The molecule has 0 aliphatic carbocycles. The van der Waals surface area contributed by atoms with E-state index >= 15 is 0 Å². The molecule has 0 atom stereocenters. The van der Waals surface area contributed by atoms with Gasteiger partial charge in [0.15, 0.2) is 0 Å². The molecule has 3 nitrogen and oxygen atoms in total. The van der Waals surface area contributed by atoms with Gasteiger partial charge in [0, 0.05) is 5.56 Å². The zero-order valence-electron chi connectivity index (χ0n) is 13.8. The highest BCUT2D eigenvalue weighted by Crippen LogP contribution is 2.34. The number of nitrogens with zero attached hydrogens (tertiary/aromatic N) is 1. The molecule has 1 aromatic heterocycles. The van der Waals surface area contributed by atoms with Crippen LogP contribution in [-0.4, -0.2) is 11.1 Å². The van der Waals surface area contributed by atoms with Gasteiger partial charge < -0.3 is 4.74 Å². The predicted octanol–water partition coefficient (Wildman–Crippen LogP) is 4.79. The number of hydrogen-bond acceptors (Lipinski definition) is 3. The van der Waals surface area contributed by atoms with Crippen molar-refractivity contribution < 1.29 is 4.74 Å². The van der Waals surface area contributed by atoms with E-state index in [-0.39, 0.29) is 5.56 Å². The summed E-state index contributed by atoms with van der Waals surface area (Å²) < 4.78 is 8.29. The Bertz CT molecular complexity index is 1080. The van der Waals surface area contributed by atoms with Crippen molar-refractivity contribution in [2.45, 2.75) is 6.54 Å². The van der Waals surface area contributed by atoms with Crippen LogP contribution in [0.15, 0.2) is 77.6 Å². The van der Waals surface area contributed by atoms with Crippen LogP contribution in [0.5, 0.6) is 5.75 Å². The third-order valence-electron chi connectivity index (χ3n) is 4.24. The Balaban J connectivity index is 1.89. The van der Waals surface area contributed by atoms with Crippen LogP contribution in [0.2, 0.25) is 0 Å². The standard InChI is InChI=1S/C21H17NO2S/c1-24-18-12-6-5-10-16(18)17-11-7-13-19-20(17)21(23)22(25-19)14-15-8-3-2-4-9-15/h2-13H,14H2,1H3. The van der Waals surface area contributed by atoms with E-state index in [0.717, 1.165) is 32.5 Å². The first-order valence-electron chi connectivity index (χ1n) is 8.08. The monoisotopic (exact) mass is 347 g/mol. The summed E-state index contributed by atoms with van der Waals surface area (Å²) in [7, 11) is 1.65. The van der Waals surface area contributed by atoms with Crippen molar-refractivity contribution in [3.05, 3.63) is 88.7 Å². The van der Waals surface area contributed by atoms with Crippen molar-refractivity contribution in [1.82, 2.24) is 3.96 Å². The molecule has 0 amide bonds. The van der Waals surface area contributed by atoms with Crippen LogP contribution in [0, 0.1) is 0 Å². The van der Waals surface area contributed by atoms with Crippen molar-refractivity contribution >= 4 is 21.6 Å². The number of methoxy groups -OCH3 is 1. The lowest BCUT2D eigenvalue weighted by Gasteiger charge is -2.08. The number of ether oxygens (including phenoxy) is 1. The van der Waals surface area contributed by atoms with E-state index in [9.17, 15) is 4.79 Å². The molecular formula is C21H17NO2S. The summed E-state index contributed by atoms with van der Waals surface area (Å²) in [5, 5.41) is 0.757. The summed E-state index contributed by atoms with van der Waals surface area (Å²) in [5.41, 5.74) is 3.03. The van der Waals surface area contributed by atoms with E-state index in [4.69, 9.17) is 4.74 Å². The van der Waals surface area contributed by atoms with Gasteiger partial charge in [0.25, 0.3) is 5.56 Å². The minimum Gasteiger partial charge on any atom is -0.496 e. The molecule has 0 saturated carbocycles. The summed E-state index contributed by atoms with van der Waals surface area (Å²) in [6.45, 7) is 0.588. The first-order chi connectivity index (χ1) is 12.3. The Kier molecular flexibility index (Phi) is 4.12. The number of benzene rings is 3. The van der Waals surface area contributed by atoms with Crippen molar-refractivity contribution in [1.29, 1.82) is 0 Å². The van der Waals surface area contributed by atoms with Crippen LogP contribution >= 0.6 is 11.5 Å². The summed E-state index contributed by atoms with van der Waals surface area (Å²) in [6.07, 6.45) is 0. The van der Waals surface area contributed by atoms with Gasteiger partial charge in [-0.25, -0.2) is 0 Å². The molecule has 0 radical (unpaired) electrons. The summed E-state index contributed by atoms with van der Waals surface area (Å²) in [5.74, 6) is 0.773. The predicted molar refractivity (Wildman–Crippen MR) is 104 cm³/mol. The van der Waals surface area contributed by atoms with Gasteiger partial charge in [-0.1, -0.05) is 72.2 Å². The fraction of sp³-hybridized carbons (Fsp3) is 0.0952. The maximum absolute atomic E-state index is 13.1. The highest BCUT2D eigenvalue weighted by molar-refractivity contribution is 7.14. The number of rotatable bonds is 4. The number of para-hydroxylation sites is 1. The second kappa shape index (κ2) is 6.57. The molecule has 0 unspecified atom stereocenters. The molecule has 0 aliphatic heterocycles. The van der Waals surface area contributed by atoms with Gasteiger partial charge in [-0.3, -0.25) is 8.75 Å². The van der Waals surface area contributed by atoms with Crippen molar-refractivity contribution in [3.8, 4) is 16.9 Å². The molecule has 25 heavy (non-hydrogen) atoms. The van der Waals surface area contributed by atoms with Crippen LogP contribution in [0.4, 0.5) is 0 Å². The highest BCUT2D eigenvalue weighted by atomic mass is 32.1. The summed E-state index contributed by atoms with van der Waals surface area (Å²) in [4.78, 5) is 13.1. The smallest absolute Gasteiger partial charge is 0.269 e. The van der Waals surface area contributed by atoms with E-state index in [1.807, 2.05) is 76.8 Å². The number of hydrogen-bond donors (Lipinski definition) is 0. The van der Waals surface area contributed by atoms with E-state index in [1.165, 1.54) is 11.5 Å². The van der Waals surface area contributed by atoms with Gasteiger partial charge in [-0.2, -0.15) is 0 Å². The van der Waals surface area contributed by atoms with Gasteiger partial charge in [0.2, 0.25) is 0 Å². The second-order valence-electron chi connectivity index (χ2n) is 5.80. The first-order valence-corrected chi connectivity index (χ1v) is 8.85. The average molecular weight is 347 g/mol. The molecule has 0 aliphatic rings. The van der Waals surface area contributed by atoms with Crippen LogP contribution in [0.3, 0.4) is 0 Å². The molecule has 0 bridgehead atoms. The van der Waals surface area contributed by atoms with Gasteiger partial charge in [0.1, 0.15) is 5.75 Å². The maximum atomic E-state index is 13.1. The number of aromatic nitrogens is 1.